The molecule has 0 atom stereocenters. The first kappa shape index (κ1) is 25.9. The van der Waals surface area contributed by atoms with E-state index in [0.717, 1.165) is 0 Å². The van der Waals surface area contributed by atoms with Crippen molar-refractivity contribution in [2.24, 2.45) is 0 Å². The first-order chi connectivity index (χ1) is 16.3. The molecule has 0 bridgehead atoms. The molecule has 0 aliphatic heterocycles. The van der Waals surface area contributed by atoms with Crippen molar-refractivity contribution in [3.05, 3.63) is 87.5 Å². The van der Waals surface area contributed by atoms with Crippen LogP contribution in [0.15, 0.2) is 12.1 Å². The molecule has 0 unspecified atom stereocenters. The second kappa shape index (κ2) is 9.50. The molecule has 0 radical (unpaired) electrons. The summed E-state index contributed by atoms with van der Waals surface area (Å²) in [5.41, 5.74) is -1.15. The first-order valence-electron chi connectivity index (χ1n) is 8.74. The van der Waals surface area contributed by atoms with E-state index in [4.69, 9.17) is 0 Å². The Labute approximate surface area is 186 Å². The second-order valence-electron chi connectivity index (χ2n) is 6.45. The molecule has 0 heterocycles. The highest BCUT2D eigenvalue weighted by Crippen LogP contribution is 2.33. The van der Waals surface area contributed by atoms with Gasteiger partial charge in [0.2, 0.25) is 34.9 Å². The predicted octanol–water partition coefficient (Wildman–Crippen LogP) is 6.19. The molecule has 0 spiro atoms. The van der Waals surface area contributed by atoms with E-state index in [9.17, 15) is 52.7 Å². The van der Waals surface area contributed by atoms with Crippen molar-refractivity contribution in [2.45, 2.75) is 6.92 Å². The van der Waals surface area contributed by atoms with Crippen LogP contribution in [0.3, 0.4) is 0 Å². The summed E-state index contributed by atoms with van der Waals surface area (Å²) in [6.07, 6.45) is 0. The lowest BCUT2D eigenvalue weighted by Gasteiger charge is -2.19. The van der Waals surface area contributed by atoms with E-state index in [0.29, 0.717) is 6.92 Å². The van der Waals surface area contributed by atoms with Gasteiger partial charge in [-0.1, -0.05) is 0 Å². The average Bonchev–Trinajstić information content (AvgIpc) is 2.83. The summed E-state index contributed by atoms with van der Waals surface area (Å²) < 4.78 is 177. The minimum absolute atomic E-state index is 0.176. The molecule has 0 saturated carbocycles. The van der Waals surface area contributed by atoms with Gasteiger partial charge < -0.3 is 14.0 Å². The maximum Gasteiger partial charge on any atom is 0.864 e. The van der Waals surface area contributed by atoms with Crippen LogP contribution in [0, 0.1) is 76.7 Å². The fourth-order valence-corrected chi connectivity index (χ4v) is 2.51. The maximum atomic E-state index is 14.2. The Balaban J connectivity index is 2.13. The Hall–Kier alpha value is -3.72. The highest BCUT2D eigenvalue weighted by atomic mass is 19.2. The van der Waals surface area contributed by atoms with Gasteiger partial charge in [-0.15, -0.1) is 0 Å². The monoisotopic (exact) mass is 520 g/mol. The van der Waals surface area contributed by atoms with Crippen LogP contribution in [0.25, 0.3) is 0 Å². The molecule has 16 heteroatoms. The summed E-state index contributed by atoms with van der Waals surface area (Å²) >= 11 is 0. The Kier molecular flexibility index (Phi) is 7.03. The molecule has 0 N–H and O–H groups in total. The summed E-state index contributed by atoms with van der Waals surface area (Å²) in [5, 5.41) is 0. The molecule has 0 aliphatic rings. The van der Waals surface area contributed by atoms with Gasteiger partial charge in [0.1, 0.15) is 11.5 Å². The zero-order chi connectivity index (χ0) is 26.4. The largest absolute Gasteiger partial charge is 0.864 e. The van der Waals surface area contributed by atoms with Crippen LogP contribution >= 0.6 is 0 Å². The molecular weight excluding hydrogens is 515 g/mol. The summed E-state index contributed by atoms with van der Waals surface area (Å²) in [4.78, 5) is 0. The van der Waals surface area contributed by atoms with Crippen molar-refractivity contribution in [3.8, 4) is 17.2 Å². The van der Waals surface area contributed by atoms with Crippen LogP contribution in [0.4, 0.5) is 52.7 Å². The van der Waals surface area contributed by atoms with E-state index in [-0.39, 0.29) is 12.1 Å². The van der Waals surface area contributed by atoms with Crippen LogP contribution < -0.4 is 14.0 Å². The molecule has 3 aromatic rings. The van der Waals surface area contributed by atoms with Crippen LogP contribution in [-0.2, 0) is 0 Å². The fraction of sp³-hybridized carbons (Fsp3) is 0.0526. The highest BCUT2D eigenvalue weighted by Gasteiger charge is 2.38. The molecule has 0 aromatic heterocycles. The van der Waals surface area contributed by atoms with Gasteiger partial charge in [-0.05, 0) is 6.92 Å². The van der Waals surface area contributed by atoms with Crippen LogP contribution in [0.2, 0.25) is 0 Å². The maximum absolute atomic E-state index is 14.2. The third-order valence-electron chi connectivity index (χ3n) is 4.25. The molecule has 0 saturated heterocycles. The van der Waals surface area contributed by atoms with Crippen molar-refractivity contribution in [1.29, 1.82) is 0 Å². The van der Waals surface area contributed by atoms with Crippen LogP contribution in [0.1, 0.15) is 5.56 Å². The second-order valence-corrected chi connectivity index (χ2v) is 6.45. The van der Waals surface area contributed by atoms with Gasteiger partial charge in [0.15, 0.2) is 40.7 Å². The first-order valence-corrected chi connectivity index (χ1v) is 8.74. The zero-order valence-corrected chi connectivity index (χ0v) is 16.5. The van der Waals surface area contributed by atoms with Gasteiger partial charge in [-0.25, -0.2) is 39.5 Å². The van der Waals surface area contributed by atoms with Crippen molar-refractivity contribution in [1.82, 2.24) is 0 Å². The SMILES string of the molecule is Cc1c(F)c(F)c(F)c(F)c1OB(Oc1cc(F)c(F)c(F)c1F)Oc1cc(F)c(F)c(F)c1F. The van der Waals surface area contributed by atoms with Crippen LogP contribution in [0.5, 0.6) is 17.2 Å². The molecule has 35 heavy (non-hydrogen) atoms. The van der Waals surface area contributed by atoms with E-state index in [1.54, 1.807) is 0 Å². The minimum Gasteiger partial charge on any atom is -0.487 e. The third kappa shape index (κ3) is 4.64. The van der Waals surface area contributed by atoms with E-state index in [1.807, 2.05) is 0 Å². The molecule has 3 aromatic carbocycles. The Morgan fingerprint density at radius 1 is 0.457 bits per heavy atom. The molecule has 0 amide bonds. The van der Waals surface area contributed by atoms with Crippen molar-refractivity contribution < 1.29 is 66.6 Å². The lowest BCUT2D eigenvalue weighted by Crippen LogP contribution is -2.38. The third-order valence-corrected chi connectivity index (χ3v) is 4.25. The summed E-state index contributed by atoms with van der Waals surface area (Å²) in [6, 6.07) is -0.352. The number of hydrogen-bond donors (Lipinski definition) is 0. The summed E-state index contributed by atoms with van der Waals surface area (Å²) in [7, 11) is -3.02. The van der Waals surface area contributed by atoms with Gasteiger partial charge in [0.25, 0.3) is 0 Å². The summed E-state index contributed by atoms with van der Waals surface area (Å²) in [5.74, 6) is -32.3. The number of rotatable bonds is 6. The van der Waals surface area contributed by atoms with E-state index in [2.05, 4.69) is 14.0 Å². The van der Waals surface area contributed by atoms with Gasteiger partial charge in [0, 0.05) is 17.7 Å². The zero-order valence-electron chi connectivity index (χ0n) is 16.5. The molecule has 0 aliphatic carbocycles. The summed E-state index contributed by atoms with van der Waals surface area (Å²) in [6.45, 7) is 0.600. The van der Waals surface area contributed by atoms with Gasteiger partial charge >= 0.3 is 7.32 Å². The molecule has 3 rings (SSSR count). The minimum atomic E-state index is -3.02. The highest BCUT2D eigenvalue weighted by molar-refractivity contribution is 6.39. The number of benzene rings is 3. The molecule has 186 valence electrons. The lowest BCUT2D eigenvalue weighted by molar-refractivity contribution is 0.271. The Bertz CT molecular complexity index is 1240. The van der Waals surface area contributed by atoms with Crippen molar-refractivity contribution in [2.75, 3.05) is 0 Å². The molecular formula is C19H5BF12O3. The van der Waals surface area contributed by atoms with E-state index in [1.165, 1.54) is 0 Å². The number of hydrogen-bond acceptors (Lipinski definition) is 3. The topological polar surface area (TPSA) is 27.7 Å². The average molecular weight is 520 g/mol. The van der Waals surface area contributed by atoms with E-state index < -0.39 is 99.9 Å². The van der Waals surface area contributed by atoms with Gasteiger partial charge in [-0.2, -0.15) is 13.2 Å². The fourth-order valence-electron chi connectivity index (χ4n) is 2.51. The van der Waals surface area contributed by atoms with Crippen molar-refractivity contribution in [3.63, 3.8) is 0 Å². The Morgan fingerprint density at radius 2 is 0.829 bits per heavy atom. The molecule has 0 fully saturated rings. The molecule has 3 nitrogen and oxygen atoms in total. The number of halogens is 12. The van der Waals surface area contributed by atoms with E-state index >= 15 is 0 Å². The smallest absolute Gasteiger partial charge is 0.487 e. The predicted molar refractivity (Wildman–Crippen MR) is 91.2 cm³/mol. The van der Waals surface area contributed by atoms with Crippen LogP contribution in [-0.4, -0.2) is 7.32 Å². The standard InChI is InChI=1S/C19H5BF12O3/c1-4-9(23)14(28)17(31)18(32)19(4)35-20(33-7-2-5(21)10(24)15(29)12(7)26)34-8-3-6(22)11(25)16(30)13(8)27/h2-3H,1H3. The van der Waals surface area contributed by atoms with Gasteiger partial charge in [0.05, 0.1) is 0 Å². The van der Waals surface area contributed by atoms with Gasteiger partial charge in [-0.3, -0.25) is 0 Å². The normalized spacial score (nSPS) is 11.0. The quantitative estimate of drug-likeness (QED) is 0.168. The Morgan fingerprint density at radius 3 is 1.26 bits per heavy atom. The lowest BCUT2D eigenvalue weighted by atomic mass is 10.1. The van der Waals surface area contributed by atoms with Crippen molar-refractivity contribution >= 4 is 7.32 Å².